The zero-order valence-electron chi connectivity index (χ0n) is 10.3. The Hall–Kier alpha value is -1.61. The van der Waals surface area contributed by atoms with Gasteiger partial charge in [0.25, 0.3) is 0 Å². The van der Waals surface area contributed by atoms with Crippen LogP contribution in [0.15, 0.2) is 30.3 Å². The average molecular weight is 240 g/mol. The maximum atomic E-state index is 6.24. The number of hydrogen-bond donors (Lipinski definition) is 1. The standard InChI is InChI=1S/C15H16N2O/c1-2-4-12-11(3-1)9-14-13(17-12)10-15(18-14)5-7-16-8-6-15/h1-4,9,16H,5-8,10H2. The van der Waals surface area contributed by atoms with Gasteiger partial charge in [-0.2, -0.15) is 0 Å². The highest BCUT2D eigenvalue weighted by Crippen LogP contribution is 2.40. The minimum absolute atomic E-state index is 0.0119. The van der Waals surface area contributed by atoms with Gasteiger partial charge in [0.05, 0.1) is 11.2 Å². The predicted molar refractivity (Wildman–Crippen MR) is 70.9 cm³/mol. The first-order chi connectivity index (χ1) is 8.85. The Morgan fingerprint density at radius 2 is 2.00 bits per heavy atom. The lowest BCUT2D eigenvalue weighted by Crippen LogP contribution is -2.45. The van der Waals surface area contributed by atoms with Crippen molar-refractivity contribution in [2.24, 2.45) is 0 Å². The third-order valence-electron chi connectivity index (χ3n) is 4.09. The molecular weight excluding hydrogens is 224 g/mol. The minimum Gasteiger partial charge on any atom is -0.485 e. The number of piperidine rings is 1. The van der Waals surface area contributed by atoms with Crippen molar-refractivity contribution in [1.29, 1.82) is 0 Å². The van der Waals surface area contributed by atoms with Crippen LogP contribution in [-0.2, 0) is 6.42 Å². The monoisotopic (exact) mass is 240 g/mol. The summed E-state index contributed by atoms with van der Waals surface area (Å²) in [5.41, 5.74) is 2.22. The zero-order valence-corrected chi connectivity index (χ0v) is 10.3. The predicted octanol–water partition coefficient (Wildman–Crippen LogP) is 2.29. The van der Waals surface area contributed by atoms with Gasteiger partial charge < -0.3 is 10.1 Å². The fourth-order valence-electron chi connectivity index (χ4n) is 3.09. The van der Waals surface area contributed by atoms with Crippen molar-refractivity contribution in [1.82, 2.24) is 10.3 Å². The van der Waals surface area contributed by atoms with Crippen LogP contribution in [0.5, 0.6) is 5.75 Å². The number of nitrogens with zero attached hydrogens (tertiary/aromatic N) is 1. The fraction of sp³-hybridized carbons (Fsp3) is 0.400. The molecule has 3 nitrogen and oxygen atoms in total. The molecule has 1 saturated heterocycles. The first kappa shape index (κ1) is 10.3. The SMILES string of the molecule is c1ccc2nc3c(cc2c1)OC1(CCNCC1)C3. The van der Waals surface area contributed by atoms with Gasteiger partial charge in [-0.25, -0.2) is 4.98 Å². The molecule has 0 unspecified atom stereocenters. The Kier molecular flexibility index (Phi) is 2.12. The number of aromatic nitrogens is 1. The summed E-state index contributed by atoms with van der Waals surface area (Å²) in [4.78, 5) is 4.76. The summed E-state index contributed by atoms with van der Waals surface area (Å²) < 4.78 is 6.24. The highest BCUT2D eigenvalue weighted by molar-refractivity contribution is 5.80. The van der Waals surface area contributed by atoms with Crippen LogP contribution in [0.3, 0.4) is 0 Å². The minimum atomic E-state index is 0.0119. The second-order valence-electron chi connectivity index (χ2n) is 5.34. The van der Waals surface area contributed by atoms with E-state index in [1.165, 1.54) is 5.39 Å². The van der Waals surface area contributed by atoms with Crippen LogP contribution in [0, 0.1) is 0 Å². The average Bonchev–Trinajstić information content (AvgIpc) is 2.73. The smallest absolute Gasteiger partial charge is 0.142 e. The lowest BCUT2D eigenvalue weighted by Gasteiger charge is -2.32. The Bertz CT molecular complexity index is 556. The first-order valence-electron chi connectivity index (χ1n) is 6.63. The Labute approximate surface area is 106 Å². The number of pyridine rings is 1. The van der Waals surface area contributed by atoms with Crippen LogP contribution >= 0.6 is 0 Å². The molecule has 1 aromatic carbocycles. The largest absolute Gasteiger partial charge is 0.485 e. The van der Waals surface area contributed by atoms with Gasteiger partial charge in [-0.15, -0.1) is 0 Å². The molecule has 0 aliphatic carbocycles. The molecule has 0 bridgehead atoms. The van der Waals surface area contributed by atoms with Gasteiger partial charge in [-0.3, -0.25) is 0 Å². The van der Waals surface area contributed by atoms with E-state index in [0.29, 0.717) is 0 Å². The van der Waals surface area contributed by atoms with Crippen molar-refractivity contribution < 1.29 is 4.74 Å². The van der Waals surface area contributed by atoms with Crippen LogP contribution in [-0.4, -0.2) is 23.7 Å². The van der Waals surface area contributed by atoms with Gasteiger partial charge in [0.1, 0.15) is 11.4 Å². The van der Waals surface area contributed by atoms with Crippen molar-refractivity contribution >= 4 is 10.9 Å². The van der Waals surface area contributed by atoms with Gasteiger partial charge in [0.15, 0.2) is 0 Å². The van der Waals surface area contributed by atoms with Crippen molar-refractivity contribution in [3.63, 3.8) is 0 Å². The van der Waals surface area contributed by atoms with E-state index >= 15 is 0 Å². The molecule has 0 saturated carbocycles. The maximum Gasteiger partial charge on any atom is 0.142 e. The quantitative estimate of drug-likeness (QED) is 0.767. The summed E-state index contributed by atoms with van der Waals surface area (Å²) >= 11 is 0. The van der Waals surface area contributed by atoms with Crippen molar-refractivity contribution in [3.8, 4) is 5.75 Å². The summed E-state index contributed by atoms with van der Waals surface area (Å²) in [6, 6.07) is 10.4. The summed E-state index contributed by atoms with van der Waals surface area (Å²) in [5, 5.41) is 4.56. The molecule has 0 atom stereocenters. The van der Waals surface area contributed by atoms with Gasteiger partial charge in [-0.05, 0) is 25.2 Å². The topological polar surface area (TPSA) is 34.1 Å². The normalized spacial score (nSPS) is 20.9. The molecule has 3 heterocycles. The number of fused-ring (bicyclic) bond motifs is 2. The number of rotatable bonds is 0. The zero-order chi connectivity index (χ0) is 12.0. The molecule has 1 aromatic heterocycles. The van der Waals surface area contributed by atoms with Gasteiger partial charge >= 0.3 is 0 Å². The first-order valence-corrected chi connectivity index (χ1v) is 6.63. The number of hydrogen-bond acceptors (Lipinski definition) is 3. The summed E-state index contributed by atoms with van der Waals surface area (Å²) in [5.74, 6) is 0.996. The molecule has 0 amide bonds. The van der Waals surface area contributed by atoms with Gasteiger partial charge in [0.2, 0.25) is 0 Å². The summed E-state index contributed by atoms with van der Waals surface area (Å²) in [7, 11) is 0. The highest BCUT2D eigenvalue weighted by Gasteiger charge is 2.41. The number of ether oxygens (including phenoxy) is 1. The fourth-order valence-corrected chi connectivity index (χ4v) is 3.09. The summed E-state index contributed by atoms with van der Waals surface area (Å²) in [6.07, 6.45) is 3.13. The molecule has 4 rings (SSSR count). The highest BCUT2D eigenvalue weighted by atomic mass is 16.5. The third kappa shape index (κ3) is 1.51. The Morgan fingerprint density at radius 3 is 2.89 bits per heavy atom. The Morgan fingerprint density at radius 1 is 1.17 bits per heavy atom. The van der Waals surface area contributed by atoms with Crippen LogP contribution in [0.2, 0.25) is 0 Å². The van der Waals surface area contributed by atoms with E-state index in [9.17, 15) is 0 Å². The van der Waals surface area contributed by atoms with E-state index in [4.69, 9.17) is 9.72 Å². The van der Waals surface area contributed by atoms with Crippen molar-refractivity contribution in [3.05, 3.63) is 36.0 Å². The molecule has 0 radical (unpaired) electrons. The van der Waals surface area contributed by atoms with Crippen LogP contribution in [0.4, 0.5) is 0 Å². The number of para-hydroxylation sites is 1. The Balaban J connectivity index is 1.78. The van der Waals surface area contributed by atoms with Gasteiger partial charge in [-0.1, -0.05) is 18.2 Å². The molecule has 1 N–H and O–H groups in total. The molecule has 3 heteroatoms. The van der Waals surface area contributed by atoms with E-state index in [1.54, 1.807) is 0 Å². The van der Waals surface area contributed by atoms with Gasteiger partial charge in [0, 0.05) is 24.6 Å². The van der Waals surface area contributed by atoms with E-state index in [1.807, 2.05) is 12.1 Å². The maximum absolute atomic E-state index is 6.24. The molecule has 92 valence electrons. The van der Waals surface area contributed by atoms with Crippen LogP contribution < -0.4 is 10.1 Å². The van der Waals surface area contributed by atoms with Crippen molar-refractivity contribution in [2.45, 2.75) is 24.9 Å². The third-order valence-corrected chi connectivity index (χ3v) is 4.09. The molecule has 2 aromatic rings. The molecule has 1 fully saturated rings. The summed E-state index contributed by atoms with van der Waals surface area (Å²) in [6.45, 7) is 2.10. The number of benzene rings is 1. The molecule has 18 heavy (non-hydrogen) atoms. The molecule has 2 aliphatic rings. The van der Waals surface area contributed by atoms with E-state index in [-0.39, 0.29) is 5.60 Å². The molecule has 2 aliphatic heterocycles. The lowest BCUT2D eigenvalue weighted by molar-refractivity contribution is 0.0600. The van der Waals surface area contributed by atoms with E-state index in [0.717, 1.165) is 49.3 Å². The molecular formula is C15H16N2O. The van der Waals surface area contributed by atoms with E-state index < -0.39 is 0 Å². The van der Waals surface area contributed by atoms with Crippen LogP contribution in [0.25, 0.3) is 10.9 Å². The van der Waals surface area contributed by atoms with Crippen LogP contribution in [0.1, 0.15) is 18.5 Å². The lowest BCUT2D eigenvalue weighted by atomic mass is 9.89. The van der Waals surface area contributed by atoms with Crippen molar-refractivity contribution in [2.75, 3.05) is 13.1 Å². The second-order valence-corrected chi connectivity index (χ2v) is 5.34. The molecule has 1 spiro atoms. The van der Waals surface area contributed by atoms with E-state index in [2.05, 4.69) is 23.5 Å². The number of nitrogens with one attached hydrogen (secondary N) is 1. The second kappa shape index (κ2) is 3.69.